The van der Waals surface area contributed by atoms with E-state index in [1.54, 1.807) is 12.3 Å². The molecule has 0 spiro atoms. The van der Waals surface area contributed by atoms with Crippen LogP contribution in [-0.4, -0.2) is 37.9 Å². The van der Waals surface area contributed by atoms with Crippen LogP contribution in [0, 0.1) is 10.1 Å². The van der Waals surface area contributed by atoms with Gasteiger partial charge in [-0.25, -0.2) is 4.68 Å². The molecule has 1 atom stereocenters. The van der Waals surface area contributed by atoms with E-state index in [9.17, 15) is 10.1 Å². The van der Waals surface area contributed by atoms with Crippen molar-refractivity contribution in [1.29, 1.82) is 0 Å². The van der Waals surface area contributed by atoms with Crippen LogP contribution >= 0.6 is 23.2 Å². The smallest absolute Gasteiger partial charge is 0.278 e. The van der Waals surface area contributed by atoms with Crippen LogP contribution in [0.25, 0.3) is 17.3 Å². The molecule has 136 valence electrons. The van der Waals surface area contributed by atoms with Crippen molar-refractivity contribution in [3.63, 3.8) is 0 Å². The summed E-state index contributed by atoms with van der Waals surface area (Å²) in [5.41, 5.74) is 0.566. The molecule has 0 aliphatic carbocycles. The van der Waals surface area contributed by atoms with Crippen LogP contribution in [0.1, 0.15) is 12.7 Å². The van der Waals surface area contributed by atoms with Gasteiger partial charge in [0.25, 0.3) is 11.6 Å². The molecule has 0 bridgehead atoms. The van der Waals surface area contributed by atoms with Gasteiger partial charge in [-0.2, -0.15) is 10.1 Å². The molecule has 0 saturated heterocycles. The Morgan fingerprint density at radius 2 is 2.08 bits per heavy atom. The molecule has 3 rings (SSSR count). The number of nitro benzene ring substituents is 1. The fraction of sp³-hybridized carbons (Fsp3) is 0.267. The average molecular weight is 397 g/mol. The summed E-state index contributed by atoms with van der Waals surface area (Å²) in [6.07, 6.45) is 2.22. The van der Waals surface area contributed by atoms with E-state index < -0.39 is 4.92 Å². The van der Waals surface area contributed by atoms with Gasteiger partial charge in [0.05, 0.1) is 15.0 Å². The third-order valence-corrected chi connectivity index (χ3v) is 4.28. The van der Waals surface area contributed by atoms with Crippen molar-refractivity contribution < 1.29 is 9.45 Å². The number of nitro groups is 1. The van der Waals surface area contributed by atoms with Gasteiger partial charge in [-0.3, -0.25) is 10.1 Å². The highest BCUT2D eigenvalue weighted by Gasteiger charge is 2.19. The molecule has 0 amide bonds. The summed E-state index contributed by atoms with van der Waals surface area (Å²) >= 11 is 12.3. The van der Waals surface area contributed by atoms with Crippen molar-refractivity contribution >= 4 is 28.9 Å². The van der Waals surface area contributed by atoms with Crippen LogP contribution in [0.5, 0.6) is 0 Å². The van der Waals surface area contributed by atoms with E-state index in [0.717, 1.165) is 0 Å². The first-order valence-electron chi connectivity index (χ1n) is 7.58. The van der Waals surface area contributed by atoms with Crippen molar-refractivity contribution in [2.24, 2.45) is 0 Å². The van der Waals surface area contributed by atoms with E-state index in [2.05, 4.69) is 20.6 Å². The number of aromatic nitrogens is 4. The fourth-order valence-electron chi connectivity index (χ4n) is 2.26. The molecule has 0 saturated carbocycles. The molecule has 2 heterocycles. The second-order valence-corrected chi connectivity index (χ2v) is 6.38. The van der Waals surface area contributed by atoms with Crippen LogP contribution in [0.4, 0.5) is 5.69 Å². The average Bonchev–Trinajstić information content (AvgIpc) is 3.23. The molecule has 0 aliphatic rings. The third-order valence-electron chi connectivity index (χ3n) is 3.70. The number of likely N-dealkylation sites (N-methyl/N-ethyl adjacent to an activating group) is 1. The van der Waals surface area contributed by atoms with E-state index in [0.29, 0.717) is 23.6 Å². The van der Waals surface area contributed by atoms with E-state index >= 15 is 0 Å². The lowest BCUT2D eigenvalue weighted by Crippen LogP contribution is -2.24. The summed E-state index contributed by atoms with van der Waals surface area (Å²) in [5, 5.41) is 22.4. The molecular formula is C15H14Cl2N6O3. The summed E-state index contributed by atoms with van der Waals surface area (Å²) < 4.78 is 6.64. The number of non-ortho nitro benzene ring substituents is 1. The molecule has 0 fully saturated rings. The molecule has 11 heteroatoms. The highest BCUT2D eigenvalue weighted by Crippen LogP contribution is 2.33. The van der Waals surface area contributed by atoms with E-state index in [4.69, 9.17) is 27.7 Å². The number of nitrogens with zero attached hydrogens (tertiary/aromatic N) is 5. The standard InChI is InChI=1S/C15H14Cl2N6O3/c1-8(18-2)5-13-19-15(26-21-13)12-3-4-22(20-12)14-10(16)6-9(23(24)25)7-11(14)17/h3-4,6-8,18H,5H2,1-2H3. The summed E-state index contributed by atoms with van der Waals surface area (Å²) in [6.45, 7) is 2.00. The van der Waals surface area contributed by atoms with Crippen LogP contribution in [0.2, 0.25) is 10.0 Å². The summed E-state index contributed by atoms with van der Waals surface area (Å²) in [6, 6.07) is 4.30. The highest BCUT2D eigenvalue weighted by atomic mass is 35.5. The molecule has 26 heavy (non-hydrogen) atoms. The minimum Gasteiger partial charge on any atom is -0.332 e. The van der Waals surface area contributed by atoms with Crippen LogP contribution < -0.4 is 5.32 Å². The number of benzene rings is 1. The molecule has 9 nitrogen and oxygen atoms in total. The first kappa shape index (κ1) is 18.3. The van der Waals surface area contributed by atoms with Crippen LogP contribution in [0.15, 0.2) is 28.9 Å². The normalized spacial score (nSPS) is 12.3. The van der Waals surface area contributed by atoms with Gasteiger partial charge in [-0.05, 0) is 20.0 Å². The molecule has 1 unspecified atom stereocenters. The summed E-state index contributed by atoms with van der Waals surface area (Å²) in [7, 11) is 1.85. The third kappa shape index (κ3) is 3.69. The Morgan fingerprint density at radius 3 is 2.69 bits per heavy atom. The zero-order valence-electron chi connectivity index (χ0n) is 13.8. The van der Waals surface area contributed by atoms with Gasteiger partial charge in [-0.1, -0.05) is 28.4 Å². The molecular weight excluding hydrogens is 383 g/mol. The van der Waals surface area contributed by atoms with Crippen molar-refractivity contribution in [3.8, 4) is 17.3 Å². The lowest BCUT2D eigenvalue weighted by Gasteiger charge is -2.06. The van der Waals surface area contributed by atoms with Crippen molar-refractivity contribution in [1.82, 2.24) is 25.2 Å². The monoisotopic (exact) mass is 396 g/mol. The van der Waals surface area contributed by atoms with Gasteiger partial charge >= 0.3 is 0 Å². The number of hydrogen-bond donors (Lipinski definition) is 1. The van der Waals surface area contributed by atoms with Gasteiger partial charge in [0.1, 0.15) is 5.69 Å². The zero-order chi connectivity index (χ0) is 18.8. The topological polar surface area (TPSA) is 112 Å². The lowest BCUT2D eigenvalue weighted by molar-refractivity contribution is -0.384. The second-order valence-electron chi connectivity index (χ2n) is 5.57. The number of hydrogen-bond acceptors (Lipinski definition) is 7. The highest BCUT2D eigenvalue weighted by molar-refractivity contribution is 6.38. The van der Waals surface area contributed by atoms with Gasteiger partial charge in [0.15, 0.2) is 11.5 Å². The Balaban J connectivity index is 1.90. The molecule has 1 aromatic carbocycles. The van der Waals surface area contributed by atoms with Crippen LogP contribution in [-0.2, 0) is 6.42 Å². The zero-order valence-corrected chi connectivity index (χ0v) is 15.3. The number of halogens is 2. The van der Waals surface area contributed by atoms with E-state index in [-0.39, 0.29) is 27.7 Å². The maximum absolute atomic E-state index is 10.9. The maximum Gasteiger partial charge on any atom is 0.278 e. The van der Waals surface area contributed by atoms with Crippen molar-refractivity contribution in [3.05, 3.63) is 50.4 Å². The van der Waals surface area contributed by atoms with Gasteiger partial charge in [0.2, 0.25) is 0 Å². The number of nitrogens with one attached hydrogen (secondary N) is 1. The first-order chi connectivity index (χ1) is 12.4. The Labute approximate surface area is 158 Å². The Kier molecular flexibility index (Phi) is 5.21. The molecule has 3 aromatic rings. The van der Waals surface area contributed by atoms with E-state index in [1.807, 2.05) is 14.0 Å². The lowest BCUT2D eigenvalue weighted by atomic mass is 10.2. The Morgan fingerprint density at radius 1 is 1.38 bits per heavy atom. The predicted molar refractivity (Wildman–Crippen MR) is 95.8 cm³/mol. The Bertz CT molecular complexity index is 932. The van der Waals surface area contributed by atoms with Gasteiger partial charge in [-0.15, -0.1) is 0 Å². The molecule has 2 aromatic heterocycles. The molecule has 0 aliphatic heterocycles. The van der Waals surface area contributed by atoms with Crippen molar-refractivity contribution in [2.45, 2.75) is 19.4 Å². The Hall–Kier alpha value is -2.49. The quantitative estimate of drug-likeness (QED) is 0.502. The first-order valence-corrected chi connectivity index (χ1v) is 8.34. The minimum absolute atomic E-state index is 0.105. The van der Waals surface area contributed by atoms with E-state index in [1.165, 1.54) is 16.8 Å². The molecule has 0 radical (unpaired) electrons. The fourth-order valence-corrected chi connectivity index (χ4v) is 2.90. The largest absolute Gasteiger partial charge is 0.332 e. The van der Waals surface area contributed by atoms with Crippen molar-refractivity contribution in [2.75, 3.05) is 7.05 Å². The van der Waals surface area contributed by atoms with Gasteiger partial charge < -0.3 is 9.84 Å². The summed E-state index contributed by atoms with van der Waals surface area (Å²) in [5.74, 6) is 0.819. The number of rotatable bonds is 6. The SMILES string of the molecule is CNC(C)Cc1noc(-c2ccn(-c3c(Cl)cc([N+](=O)[O-])cc3Cl)n2)n1. The molecule has 1 N–H and O–H groups in total. The summed E-state index contributed by atoms with van der Waals surface area (Å²) in [4.78, 5) is 14.6. The van der Waals surface area contributed by atoms with Gasteiger partial charge in [0, 0.05) is 30.8 Å². The van der Waals surface area contributed by atoms with Crippen LogP contribution in [0.3, 0.4) is 0 Å². The minimum atomic E-state index is -0.567. The maximum atomic E-state index is 10.9. The second kappa shape index (κ2) is 7.40. The predicted octanol–water partition coefficient (Wildman–Crippen LogP) is 3.29.